The van der Waals surface area contributed by atoms with Gasteiger partial charge in [0.1, 0.15) is 13.2 Å². The number of esters is 4. The van der Waals surface area contributed by atoms with Gasteiger partial charge in [-0.25, -0.2) is 24.1 Å². The molecule has 238 valence electrons. The van der Waals surface area contributed by atoms with Gasteiger partial charge >= 0.3 is 23.9 Å². The molecule has 0 fully saturated rings. The number of carbonyl (C=O) groups excluding carboxylic acids is 6. The topological polar surface area (TPSA) is 143 Å². The summed E-state index contributed by atoms with van der Waals surface area (Å²) in [5.41, 5.74) is 2.06. The van der Waals surface area contributed by atoms with Crippen LogP contribution in [-0.4, -0.2) is 48.9 Å². The number of fused-ring (bicyclic) bond motifs is 1. The Balaban J connectivity index is 1.26. The van der Waals surface area contributed by atoms with Crippen molar-refractivity contribution in [1.29, 1.82) is 0 Å². The normalized spacial score (nSPS) is 11.9. The number of nitrogens with zero attached hydrogens (tertiary/aromatic N) is 1. The standard InChI is InChI=1S/C36H29NO10/c1-3-44-33(40)24-13-9-22(10-14-24)20-46-35(42)26-17-18-27-29(19-26)32(39)37(31(27)38)30-8-6-5-7-28(30)36(43)47-21-23-11-15-25(16-12-23)34(41)45-4-2/h5-19H,3-4,20-21H2,1-2H3. The predicted molar refractivity (Wildman–Crippen MR) is 167 cm³/mol. The van der Waals surface area contributed by atoms with Gasteiger partial charge in [-0.05, 0) is 79.6 Å². The van der Waals surface area contributed by atoms with E-state index in [2.05, 4.69) is 0 Å². The largest absolute Gasteiger partial charge is 0.462 e. The minimum Gasteiger partial charge on any atom is -0.462 e. The van der Waals surface area contributed by atoms with Crippen molar-refractivity contribution in [1.82, 2.24) is 0 Å². The molecule has 1 aliphatic rings. The summed E-state index contributed by atoms with van der Waals surface area (Å²) in [5.74, 6) is -3.80. The highest BCUT2D eigenvalue weighted by Crippen LogP contribution is 2.32. The maximum atomic E-state index is 13.5. The van der Waals surface area contributed by atoms with Crippen molar-refractivity contribution in [3.63, 3.8) is 0 Å². The summed E-state index contributed by atoms with van der Waals surface area (Å²) in [7, 11) is 0. The van der Waals surface area contributed by atoms with Crippen molar-refractivity contribution in [2.45, 2.75) is 27.1 Å². The molecule has 4 aromatic rings. The molecule has 0 saturated heterocycles. The van der Waals surface area contributed by atoms with Crippen molar-refractivity contribution in [3.05, 3.63) is 136 Å². The fourth-order valence-corrected chi connectivity index (χ4v) is 4.79. The highest BCUT2D eigenvalue weighted by molar-refractivity contribution is 6.35. The van der Waals surface area contributed by atoms with Crippen LogP contribution < -0.4 is 4.90 Å². The lowest BCUT2D eigenvalue weighted by Gasteiger charge is -2.17. The fourth-order valence-electron chi connectivity index (χ4n) is 4.79. The molecule has 4 aromatic carbocycles. The third kappa shape index (κ3) is 7.09. The summed E-state index contributed by atoms with van der Waals surface area (Å²) in [6.07, 6.45) is 0. The van der Waals surface area contributed by atoms with Crippen molar-refractivity contribution in [3.8, 4) is 0 Å². The number of amides is 2. The van der Waals surface area contributed by atoms with E-state index in [9.17, 15) is 28.8 Å². The molecule has 0 saturated carbocycles. The molecule has 0 unspecified atom stereocenters. The van der Waals surface area contributed by atoms with E-state index >= 15 is 0 Å². The smallest absolute Gasteiger partial charge is 0.340 e. The number of carbonyl (C=O) groups is 6. The Morgan fingerprint density at radius 3 is 1.55 bits per heavy atom. The Hall–Kier alpha value is -6.10. The summed E-state index contributed by atoms with van der Waals surface area (Å²) in [5, 5.41) is 0. The highest BCUT2D eigenvalue weighted by atomic mass is 16.5. The summed E-state index contributed by atoms with van der Waals surface area (Å²) in [6.45, 7) is 3.69. The molecule has 11 nitrogen and oxygen atoms in total. The molecule has 5 rings (SSSR count). The lowest BCUT2D eigenvalue weighted by atomic mass is 10.1. The molecule has 1 heterocycles. The number of rotatable bonds is 11. The maximum absolute atomic E-state index is 13.5. The lowest BCUT2D eigenvalue weighted by molar-refractivity contribution is 0.0464. The molecule has 0 bridgehead atoms. The summed E-state index contributed by atoms with van der Waals surface area (Å²) in [6, 6.07) is 22.8. The zero-order chi connectivity index (χ0) is 33.5. The Morgan fingerprint density at radius 1 is 0.532 bits per heavy atom. The Morgan fingerprint density at radius 2 is 1.00 bits per heavy atom. The van der Waals surface area contributed by atoms with Crippen LogP contribution in [0, 0.1) is 0 Å². The Kier molecular flexibility index (Phi) is 9.85. The first-order valence-electron chi connectivity index (χ1n) is 14.7. The number of hydrogen-bond donors (Lipinski definition) is 0. The van der Waals surface area contributed by atoms with Crippen LogP contribution in [0.5, 0.6) is 0 Å². The number of hydrogen-bond acceptors (Lipinski definition) is 10. The van der Waals surface area contributed by atoms with E-state index in [1.807, 2.05) is 0 Å². The number of anilines is 1. The fraction of sp³-hybridized carbons (Fsp3) is 0.167. The molecule has 1 aliphatic heterocycles. The van der Waals surface area contributed by atoms with Crippen LogP contribution in [0.2, 0.25) is 0 Å². The van der Waals surface area contributed by atoms with Gasteiger partial charge in [-0.3, -0.25) is 9.59 Å². The Bertz CT molecular complexity index is 1860. The minimum atomic E-state index is -0.772. The molecule has 0 aliphatic carbocycles. The van der Waals surface area contributed by atoms with Gasteiger partial charge in [0.2, 0.25) is 0 Å². The van der Waals surface area contributed by atoms with Crippen molar-refractivity contribution >= 4 is 41.4 Å². The van der Waals surface area contributed by atoms with Gasteiger partial charge in [0, 0.05) is 0 Å². The second kappa shape index (κ2) is 14.3. The molecule has 0 radical (unpaired) electrons. The molecule has 0 N–H and O–H groups in total. The predicted octanol–water partition coefficient (Wildman–Crippen LogP) is 5.55. The van der Waals surface area contributed by atoms with Crippen molar-refractivity contribution in [2.24, 2.45) is 0 Å². The number of imide groups is 1. The zero-order valence-electron chi connectivity index (χ0n) is 25.5. The quantitative estimate of drug-likeness (QED) is 0.117. The van der Waals surface area contributed by atoms with Gasteiger partial charge < -0.3 is 18.9 Å². The van der Waals surface area contributed by atoms with Crippen LogP contribution in [-0.2, 0) is 32.2 Å². The van der Waals surface area contributed by atoms with Crippen LogP contribution in [0.25, 0.3) is 0 Å². The van der Waals surface area contributed by atoms with E-state index in [0.717, 1.165) is 4.90 Å². The lowest BCUT2D eigenvalue weighted by Crippen LogP contribution is -2.31. The second-order valence-electron chi connectivity index (χ2n) is 10.2. The van der Waals surface area contributed by atoms with Gasteiger partial charge in [-0.1, -0.05) is 36.4 Å². The number of ether oxygens (including phenoxy) is 4. The van der Waals surface area contributed by atoms with Crippen LogP contribution in [0.4, 0.5) is 5.69 Å². The van der Waals surface area contributed by atoms with Gasteiger partial charge in [0.25, 0.3) is 11.8 Å². The van der Waals surface area contributed by atoms with Crippen molar-refractivity contribution < 1.29 is 47.7 Å². The maximum Gasteiger partial charge on any atom is 0.340 e. The molecular weight excluding hydrogens is 606 g/mol. The van der Waals surface area contributed by atoms with Crippen LogP contribution in [0.3, 0.4) is 0 Å². The molecule has 0 spiro atoms. The van der Waals surface area contributed by atoms with Crippen LogP contribution in [0.1, 0.15) is 87.1 Å². The SMILES string of the molecule is CCOC(=O)c1ccc(COC(=O)c2ccc3c(c2)C(=O)N(c2ccccc2C(=O)OCc2ccc(C(=O)OCC)cc2)C3=O)cc1. The van der Waals surface area contributed by atoms with E-state index in [4.69, 9.17) is 18.9 Å². The van der Waals surface area contributed by atoms with Crippen LogP contribution >= 0.6 is 0 Å². The van der Waals surface area contributed by atoms with Gasteiger partial charge in [-0.2, -0.15) is 0 Å². The number of para-hydroxylation sites is 1. The molecule has 0 aromatic heterocycles. The monoisotopic (exact) mass is 635 g/mol. The average Bonchev–Trinajstić information content (AvgIpc) is 3.34. The van der Waals surface area contributed by atoms with Crippen molar-refractivity contribution in [2.75, 3.05) is 18.1 Å². The molecule has 47 heavy (non-hydrogen) atoms. The van der Waals surface area contributed by atoms with Gasteiger partial charge in [0.15, 0.2) is 0 Å². The molecule has 11 heteroatoms. The van der Waals surface area contributed by atoms with Gasteiger partial charge in [0.05, 0.1) is 52.3 Å². The minimum absolute atomic E-state index is 0.0150. The summed E-state index contributed by atoms with van der Waals surface area (Å²) < 4.78 is 20.8. The molecule has 2 amide bonds. The van der Waals surface area contributed by atoms with E-state index in [1.54, 1.807) is 74.5 Å². The first kappa shape index (κ1) is 32.3. The third-order valence-corrected chi connectivity index (χ3v) is 7.16. The van der Waals surface area contributed by atoms with Crippen LogP contribution in [0.15, 0.2) is 91.0 Å². The molecular formula is C36H29NO10. The first-order chi connectivity index (χ1) is 22.7. The zero-order valence-corrected chi connectivity index (χ0v) is 25.5. The number of benzene rings is 4. The van der Waals surface area contributed by atoms with E-state index in [1.165, 1.54) is 30.3 Å². The third-order valence-electron chi connectivity index (χ3n) is 7.16. The average molecular weight is 636 g/mol. The summed E-state index contributed by atoms with van der Waals surface area (Å²) in [4.78, 5) is 77.4. The van der Waals surface area contributed by atoms with E-state index in [-0.39, 0.29) is 54.4 Å². The summed E-state index contributed by atoms with van der Waals surface area (Å²) >= 11 is 0. The first-order valence-corrected chi connectivity index (χ1v) is 14.7. The molecule has 0 atom stereocenters. The second-order valence-corrected chi connectivity index (χ2v) is 10.2. The highest BCUT2D eigenvalue weighted by Gasteiger charge is 2.39. The van der Waals surface area contributed by atoms with Gasteiger partial charge in [-0.15, -0.1) is 0 Å². The van der Waals surface area contributed by atoms with E-state index < -0.39 is 35.7 Å². The Labute approximate surface area is 269 Å². The van der Waals surface area contributed by atoms with E-state index in [0.29, 0.717) is 22.3 Å².